The quantitative estimate of drug-likeness (QED) is 0.508. The van der Waals surface area contributed by atoms with E-state index in [1.165, 1.54) is 4.68 Å². The van der Waals surface area contributed by atoms with Gasteiger partial charge < -0.3 is 10.1 Å². The molecule has 0 amide bonds. The van der Waals surface area contributed by atoms with Crippen molar-refractivity contribution in [3.63, 3.8) is 0 Å². The van der Waals surface area contributed by atoms with Gasteiger partial charge in [0.15, 0.2) is 12.4 Å². The van der Waals surface area contributed by atoms with Crippen molar-refractivity contribution in [2.24, 2.45) is 0 Å². The molecule has 2 aromatic carbocycles. The number of nitrogens with zero attached hydrogens (tertiary/aromatic N) is 3. The Kier molecular flexibility index (Phi) is 5.44. The Balaban J connectivity index is 1.56. The van der Waals surface area contributed by atoms with Gasteiger partial charge in [0.05, 0.1) is 6.54 Å². The van der Waals surface area contributed by atoms with Gasteiger partial charge in [-0.05, 0) is 23.6 Å². The third kappa shape index (κ3) is 4.27. The number of carbonyl (C=O) groups is 1. The number of aromatic nitrogens is 3. The predicted molar refractivity (Wildman–Crippen MR) is 110 cm³/mol. The highest BCUT2D eigenvalue weighted by atomic mass is 32.1. The zero-order chi connectivity index (χ0) is 19.2. The summed E-state index contributed by atoms with van der Waals surface area (Å²) >= 11 is 1.64. The molecule has 140 valence electrons. The second-order valence-corrected chi connectivity index (χ2v) is 7.00. The summed E-state index contributed by atoms with van der Waals surface area (Å²) in [7, 11) is 0. The molecule has 0 radical (unpaired) electrons. The Labute approximate surface area is 166 Å². The molecule has 0 saturated carbocycles. The number of para-hydroxylation sites is 1. The number of hydrogen-bond donors (Lipinski definition) is 1. The largest absolute Gasteiger partial charge is 0.484 e. The minimum absolute atomic E-state index is 0.130. The minimum Gasteiger partial charge on any atom is -0.484 e. The van der Waals surface area contributed by atoms with E-state index in [4.69, 9.17) is 4.74 Å². The molecule has 0 atom stereocenters. The van der Waals surface area contributed by atoms with E-state index in [9.17, 15) is 4.79 Å². The number of benzene rings is 2. The van der Waals surface area contributed by atoms with Gasteiger partial charge in [0.2, 0.25) is 5.95 Å². The summed E-state index contributed by atoms with van der Waals surface area (Å²) in [5.74, 6) is 1.22. The van der Waals surface area contributed by atoms with Crippen LogP contribution in [0, 0.1) is 0 Å². The molecule has 4 aromatic rings. The Morgan fingerprint density at radius 2 is 1.75 bits per heavy atom. The fourth-order valence-corrected chi connectivity index (χ4v) is 3.26. The number of ether oxygens (including phenoxy) is 1. The van der Waals surface area contributed by atoms with Crippen molar-refractivity contribution in [3.05, 3.63) is 83.1 Å². The van der Waals surface area contributed by atoms with Crippen LogP contribution in [0.15, 0.2) is 78.2 Å². The van der Waals surface area contributed by atoms with Crippen molar-refractivity contribution >= 4 is 23.2 Å². The normalized spacial score (nSPS) is 10.6. The summed E-state index contributed by atoms with van der Waals surface area (Å²) in [5, 5.41) is 9.63. The topological polar surface area (TPSA) is 69.0 Å². The predicted octanol–water partition coefficient (Wildman–Crippen LogP) is 4.34. The van der Waals surface area contributed by atoms with E-state index >= 15 is 0 Å². The van der Waals surface area contributed by atoms with E-state index in [1.807, 2.05) is 66.0 Å². The maximum Gasteiger partial charge on any atom is 0.287 e. The maximum atomic E-state index is 12.7. The molecule has 0 aliphatic rings. The van der Waals surface area contributed by atoms with E-state index in [-0.39, 0.29) is 12.5 Å². The molecule has 2 aromatic heterocycles. The molecule has 0 saturated heterocycles. The molecule has 0 aliphatic carbocycles. The Hall–Kier alpha value is -3.45. The lowest BCUT2D eigenvalue weighted by molar-refractivity contribution is 0.0824. The van der Waals surface area contributed by atoms with Gasteiger partial charge in [0.1, 0.15) is 5.75 Å². The third-order valence-electron chi connectivity index (χ3n) is 3.98. The molecule has 0 aliphatic heterocycles. The average Bonchev–Trinajstić information content (AvgIpc) is 3.42. The zero-order valence-electron chi connectivity index (χ0n) is 15.0. The van der Waals surface area contributed by atoms with Gasteiger partial charge >= 0.3 is 0 Å². The first-order valence-electron chi connectivity index (χ1n) is 8.79. The number of hydrogen-bond acceptors (Lipinski definition) is 6. The highest BCUT2D eigenvalue weighted by Gasteiger charge is 2.18. The molecular weight excluding hydrogens is 372 g/mol. The van der Waals surface area contributed by atoms with Crippen LogP contribution < -0.4 is 10.1 Å². The van der Waals surface area contributed by atoms with Crippen LogP contribution in [0.5, 0.6) is 5.75 Å². The van der Waals surface area contributed by atoms with E-state index in [1.54, 1.807) is 23.5 Å². The highest BCUT2D eigenvalue weighted by Crippen LogP contribution is 2.19. The first kappa shape index (κ1) is 17.9. The van der Waals surface area contributed by atoms with Crippen molar-refractivity contribution in [2.45, 2.75) is 6.54 Å². The van der Waals surface area contributed by atoms with Gasteiger partial charge in [-0.2, -0.15) is 9.67 Å². The average molecular weight is 390 g/mol. The van der Waals surface area contributed by atoms with Crippen LogP contribution in [0.1, 0.15) is 9.67 Å². The number of nitrogens with one attached hydrogen (secondary N) is 1. The van der Waals surface area contributed by atoms with E-state index in [2.05, 4.69) is 15.4 Å². The Morgan fingerprint density at radius 3 is 2.46 bits per heavy atom. The molecule has 0 unspecified atom stereocenters. The molecule has 1 N–H and O–H groups in total. The highest BCUT2D eigenvalue weighted by molar-refractivity contribution is 7.09. The van der Waals surface area contributed by atoms with Gasteiger partial charge in [-0.1, -0.05) is 54.6 Å². The summed E-state index contributed by atoms with van der Waals surface area (Å²) in [6.45, 7) is 0.437. The Morgan fingerprint density at radius 1 is 1.00 bits per heavy atom. The molecule has 0 spiro atoms. The molecule has 0 bridgehead atoms. The smallest absolute Gasteiger partial charge is 0.287 e. The van der Waals surface area contributed by atoms with Crippen molar-refractivity contribution in [2.75, 3.05) is 11.9 Å². The first-order chi connectivity index (χ1) is 13.8. The van der Waals surface area contributed by atoms with Crippen molar-refractivity contribution in [1.29, 1.82) is 0 Å². The lowest BCUT2D eigenvalue weighted by Crippen LogP contribution is -2.22. The van der Waals surface area contributed by atoms with Crippen molar-refractivity contribution in [3.8, 4) is 17.1 Å². The van der Waals surface area contributed by atoms with Gasteiger partial charge in [-0.15, -0.1) is 16.4 Å². The third-order valence-corrected chi connectivity index (χ3v) is 4.86. The maximum absolute atomic E-state index is 12.7. The van der Waals surface area contributed by atoms with Gasteiger partial charge in [0.25, 0.3) is 5.91 Å². The van der Waals surface area contributed by atoms with E-state index in [0.717, 1.165) is 10.4 Å². The second kappa shape index (κ2) is 8.49. The number of thiophene rings is 1. The SMILES string of the molecule is O=C(COc1ccccc1)n1nc(-c2ccccc2)nc1NCc1cccs1. The van der Waals surface area contributed by atoms with Gasteiger partial charge in [-0.25, -0.2) is 0 Å². The van der Waals surface area contributed by atoms with Gasteiger partial charge in [0, 0.05) is 10.4 Å². The summed E-state index contributed by atoms with van der Waals surface area (Å²) in [6.07, 6.45) is 0. The molecule has 2 heterocycles. The molecular formula is C21H18N4O2S. The lowest BCUT2D eigenvalue weighted by Gasteiger charge is -2.08. The fraction of sp³-hybridized carbons (Fsp3) is 0.0952. The molecule has 28 heavy (non-hydrogen) atoms. The summed E-state index contributed by atoms with van der Waals surface area (Å²) in [6, 6.07) is 22.8. The fourth-order valence-electron chi connectivity index (χ4n) is 2.61. The second-order valence-electron chi connectivity index (χ2n) is 5.97. The van der Waals surface area contributed by atoms with E-state index < -0.39 is 0 Å². The lowest BCUT2D eigenvalue weighted by atomic mass is 10.2. The minimum atomic E-state index is -0.299. The van der Waals surface area contributed by atoms with Crippen LogP contribution in [-0.2, 0) is 6.54 Å². The van der Waals surface area contributed by atoms with Crippen LogP contribution in [0.3, 0.4) is 0 Å². The van der Waals surface area contributed by atoms with Gasteiger partial charge in [-0.3, -0.25) is 4.79 Å². The standard InChI is InChI=1S/C21H18N4O2S/c26-19(15-27-17-10-5-2-6-11-17)25-21(22-14-18-12-7-13-28-18)23-20(24-25)16-8-3-1-4-9-16/h1-13H,14-15H2,(H,22,23,24). The van der Waals surface area contributed by atoms with Crippen LogP contribution in [-0.4, -0.2) is 27.3 Å². The zero-order valence-corrected chi connectivity index (χ0v) is 15.8. The monoisotopic (exact) mass is 390 g/mol. The number of rotatable bonds is 7. The summed E-state index contributed by atoms with van der Waals surface area (Å²) in [5.41, 5.74) is 0.845. The molecule has 6 nitrogen and oxygen atoms in total. The van der Waals surface area contributed by atoms with Crippen LogP contribution in [0.25, 0.3) is 11.4 Å². The number of anilines is 1. The van der Waals surface area contributed by atoms with Crippen molar-refractivity contribution in [1.82, 2.24) is 14.8 Å². The van der Waals surface area contributed by atoms with Crippen LogP contribution in [0.4, 0.5) is 5.95 Å². The molecule has 7 heteroatoms. The molecule has 0 fully saturated rings. The van der Waals surface area contributed by atoms with Crippen molar-refractivity contribution < 1.29 is 9.53 Å². The Bertz CT molecular complexity index is 1030. The van der Waals surface area contributed by atoms with Crippen LogP contribution in [0.2, 0.25) is 0 Å². The number of carbonyl (C=O) groups excluding carboxylic acids is 1. The molecule has 4 rings (SSSR count). The summed E-state index contributed by atoms with van der Waals surface area (Å²) < 4.78 is 6.86. The first-order valence-corrected chi connectivity index (χ1v) is 9.67. The van der Waals surface area contributed by atoms with Crippen LogP contribution >= 0.6 is 11.3 Å². The summed E-state index contributed by atoms with van der Waals surface area (Å²) in [4.78, 5) is 18.4. The van der Waals surface area contributed by atoms with E-state index in [0.29, 0.717) is 24.1 Å².